The first-order valence-corrected chi connectivity index (χ1v) is 51.0. The van der Waals surface area contributed by atoms with Gasteiger partial charge in [0.2, 0.25) is 11.8 Å². The molecule has 0 atom stereocenters. The van der Waals surface area contributed by atoms with Crippen LogP contribution in [0.25, 0.3) is 45.1 Å². The van der Waals surface area contributed by atoms with Crippen molar-refractivity contribution in [2.24, 2.45) is 0 Å². The highest BCUT2D eigenvalue weighted by Gasteiger charge is 2.34. The van der Waals surface area contributed by atoms with Gasteiger partial charge in [-0.2, -0.15) is 129 Å². The van der Waals surface area contributed by atoms with Crippen molar-refractivity contribution in [1.29, 1.82) is 0 Å². The van der Waals surface area contributed by atoms with Crippen molar-refractivity contribution in [3.63, 3.8) is 0 Å². The van der Waals surface area contributed by atoms with Crippen LogP contribution < -0.4 is 20.9 Å². The molecule has 0 bridgehead atoms. The Kier molecular flexibility index (Phi) is 50.1. The minimum atomic E-state index is -4.70. The van der Waals surface area contributed by atoms with Crippen molar-refractivity contribution in [1.82, 2.24) is 44.7 Å². The van der Waals surface area contributed by atoms with Gasteiger partial charge in [0.05, 0.1) is 72.0 Å². The van der Waals surface area contributed by atoms with E-state index in [1.54, 1.807) is 46.8 Å². The lowest BCUT2D eigenvalue weighted by molar-refractivity contribution is -0.141. The molecule has 0 aliphatic carbocycles. The number of ketones is 6. The minimum absolute atomic E-state index is 0.00462. The van der Waals surface area contributed by atoms with Gasteiger partial charge in [0.15, 0.2) is 15.5 Å². The fourth-order valence-corrected chi connectivity index (χ4v) is 15.3. The van der Waals surface area contributed by atoms with Gasteiger partial charge in [0.1, 0.15) is 62.8 Å². The predicted molar refractivity (Wildman–Crippen MR) is 569 cm³/mol. The van der Waals surface area contributed by atoms with E-state index in [2.05, 4.69) is 184 Å². The summed E-state index contributed by atoms with van der Waals surface area (Å²) < 4.78 is 74.1. The molecular formula is C96H99Br2ClF3N11O14S10. The Morgan fingerprint density at radius 2 is 0.978 bits per heavy atom. The predicted octanol–water partition coefficient (Wildman–Crippen LogP) is 18.9. The number of carbonyl (C=O) groups is 9. The number of aromatic amines is 2. The van der Waals surface area contributed by atoms with Gasteiger partial charge in [-0.3, -0.25) is 53.2 Å². The number of rotatable bonds is 31. The van der Waals surface area contributed by atoms with E-state index in [0.717, 1.165) is 99.2 Å². The Morgan fingerprint density at radius 1 is 0.504 bits per heavy atom. The summed E-state index contributed by atoms with van der Waals surface area (Å²) in [5.74, 6) is 2.20. The SMILES string of the molecule is COC(=O)c1scc(C)c1CC(=O)CS.COc1ccc(-c2cc(NC(=O)CS)n(-c3ccccc3)n2)cc1.CS(=O)(=O)Cc1cccc(CC(=O)CS)c1.Cc1ccc(-c2cc(CC(=O)CS)[nH]n2)cc1.Cc1ccc(-c2cc(NC(=O)CS)n(-c3ccccc3)n2)cc1.Cc1nc(CC(=O)CS)ccc1Br.O=C(CS)Cc1ccc(Cl)cc1Br.O=C(CS)Cc1nc(C(F)(F)F)cc(=O)[nH]1. The number of pyridine rings is 1. The summed E-state index contributed by atoms with van der Waals surface area (Å²) >= 11 is 45.0. The smallest absolute Gasteiger partial charge is 0.433 e. The maximum atomic E-state index is 12.3. The number of H-pyrrole nitrogens is 2. The van der Waals surface area contributed by atoms with Gasteiger partial charge in [-0.15, -0.1) is 11.3 Å². The number of nitrogens with one attached hydrogen (secondary N) is 4. The highest BCUT2D eigenvalue weighted by Crippen LogP contribution is 2.31. The largest absolute Gasteiger partial charge is 0.497 e. The molecule has 137 heavy (non-hydrogen) atoms. The zero-order valence-electron chi connectivity index (χ0n) is 74.9. The van der Waals surface area contributed by atoms with Crippen molar-refractivity contribution in [3.8, 4) is 50.9 Å². The van der Waals surface area contributed by atoms with E-state index in [-0.39, 0.29) is 117 Å². The molecule has 0 spiro atoms. The van der Waals surface area contributed by atoms with Crippen LogP contribution in [0, 0.1) is 27.7 Å². The molecule has 0 saturated heterocycles. The van der Waals surface area contributed by atoms with E-state index in [1.807, 2.05) is 209 Å². The lowest BCUT2D eigenvalue weighted by atomic mass is 10.1. The van der Waals surface area contributed by atoms with E-state index in [9.17, 15) is 69.5 Å². The minimum Gasteiger partial charge on any atom is -0.497 e. The van der Waals surface area contributed by atoms with E-state index < -0.39 is 33.0 Å². The summed E-state index contributed by atoms with van der Waals surface area (Å²) in [6, 6.07) is 65.4. The highest BCUT2D eigenvalue weighted by atomic mass is 79.9. The first kappa shape index (κ1) is 116. The maximum Gasteiger partial charge on any atom is 0.433 e. The molecule has 6 aromatic heterocycles. The van der Waals surface area contributed by atoms with Crippen molar-refractivity contribution in [3.05, 3.63) is 314 Å². The number of carbonyl (C=O) groups excluding carboxylic acids is 9. The van der Waals surface area contributed by atoms with Crippen LogP contribution in [-0.4, -0.2) is 172 Å². The monoisotopic (exact) mass is 2200 g/mol. The summed E-state index contributed by atoms with van der Waals surface area (Å²) in [5.41, 5.74) is 14.1. The molecule has 724 valence electrons. The van der Waals surface area contributed by atoms with E-state index in [4.69, 9.17) is 16.3 Å². The van der Waals surface area contributed by atoms with Crippen LogP contribution in [0.15, 0.2) is 231 Å². The van der Waals surface area contributed by atoms with Crippen molar-refractivity contribution in [2.75, 3.05) is 77.1 Å². The normalized spacial score (nSPS) is 10.6. The number of amides is 2. The molecule has 0 aliphatic heterocycles. The number of hydrogen-bond acceptors (Lipinski definition) is 28. The Labute approximate surface area is 861 Å². The number of esters is 1. The lowest BCUT2D eigenvalue weighted by Crippen LogP contribution is -2.20. The van der Waals surface area contributed by atoms with Crippen molar-refractivity contribution >= 4 is 230 Å². The number of Topliss-reactive ketones (excluding diaryl/α,β-unsaturated/α-hetero) is 6. The van der Waals surface area contributed by atoms with Crippen LogP contribution in [-0.2, 0) is 103 Å². The van der Waals surface area contributed by atoms with Gasteiger partial charge >= 0.3 is 12.1 Å². The number of anilines is 2. The standard InChI is InChI=1S/C18H17N3O2S.C18H17N3OS.C13H14N2OS.C11H14O3S2.C10H12O3S2.C9H8BrClOS.C9H10BrNOS.C8H7F3N2O2S/c1-23-15-9-7-13(8-10-15)16-11-17(19-18(22)12-24)21(20-16)14-5-3-2-4-6-14;1-13-7-9-14(10-8-13)16-11-17(19-18(22)12-23)21(20-16)15-5-3-2-4-6-15;1-9-2-4-10(5-3-9)13-7-11(14-15-13)6-12(16)8-17;1-16(13,14)8-10-4-2-3-9(5-10)6-11(12)7-15;1-6-5-15-9(10(12)13-2)8(6)3-7(11)4-14;10-9-4-7(11)2-1-6(9)3-8(12)5-13;1-6-9(10)3-2-7(11-6)4-8(12)5-13;9-8(10,11)5-2-7(15)13-6(12-5)1-4(14)3-16/h2-11,24H,12H2,1H3,(H,19,22);2-11,23H,12H2,1H3,(H,19,22);2-5,7,17H,6,8H2,1H3,(H,14,15);2-5,15H,6-8H2,1H3;5,14H,3-4H2,1-2H3;1-2,4,13H,3,5H2;2-3,13H,4-5H2,1H3;2,16H,1,3H2,(H,12,13,15). The van der Waals surface area contributed by atoms with Gasteiger partial charge in [0.25, 0.3) is 5.56 Å². The van der Waals surface area contributed by atoms with E-state index in [1.165, 1.54) is 35.8 Å². The number of thiol groups is 8. The number of para-hydroxylation sites is 2. The van der Waals surface area contributed by atoms with Crippen LogP contribution in [0.1, 0.15) is 77.2 Å². The molecule has 13 aromatic rings. The Hall–Kier alpha value is -10.1. The average molecular weight is 2200 g/mol. The molecule has 0 fully saturated rings. The van der Waals surface area contributed by atoms with Gasteiger partial charge in [-0.1, -0.05) is 154 Å². The molecule has 6 heterocycles. The first-order valence-electron chi connectivity index (χ1n) is 41.0. The fourth-order valence-electron chi connectivity index (χ4n) is 11.7. The molecule has 7 aromatic carbocycles. The van der Waals surface area contributed by atoms with Gasteiger partial charge < -0.3 is 25.1 Å². The zero-order valence-corrected chi connectivity index (χ0v) is 87.6. The number of aromatic nitrogens is 9. The molecule has 0 aliphatic rings. The number of thiophene rings is 1. The number of aryl methyl sites for hydroxylation is 4. The molecule has 4 N–H and O–H groups in total. The molecule has 25 nitrogen and oxygen atoms in total. The summed E-state index contributed by atoms with van der Waals surface area (Å²) in [4.78, 5) is 123. The summed E-state index contributed by atoms with van der Waals surface area (Å²) in [5, 5.41) is 24.5. The first-order chi connectivity index (χ1) is 65.1. The number of hydrogen-bond donors (Lipinski definition) is 12. The van der Waals surface area contributed by atoms with Crippen LogP contribution in [0.5, 0.6) is 5.75 Å². The summed E-state index contributed by atoms with van der Waals surface area (Å²) in [7, 11) is -0.0639. The number of alkyl halides is 3. The summed E-state index contributed by atoms with van der Waals surface area (Å²) in [6.45, 7) is 7.87. The second-order valence-corrected chi connectivity index (χ2v) is 37.2. The third-order valence-corrected chi connectivity index (χ3v) is 24.9. The molecule has 0 saturated carbocycles. The second kappa shape index (κ2) is 59.4. The molecule has 0 radical (unpaired) electrons. The maximum absolute atomic E-state index is 12.3. The summed E-state index contributed by atoms with van der Waals surface area (Å²) in [6.07, 6.45) is -2.18. The lowest BCUT2D eigenvalue weighted by Gasteiger charge is -2.07. The van der Waals surface area contributed by atoms with E-state index >= 15 is 0 Å². The van der Waals surface area contributed by atoms with Crippen LogP contribution in [0.3, 0.4) is 0 Å². The van der Waals surface area contributed by atoms with Crippen molar-refractivity contribution < 1.29 is 74.2 Å². The van der Waals surface area contributed by atoms with Gasteiger partial charge in [0, 0.05) is 133 Å². The molecule has 0 unspecified atom stereocenters. The molecule has 2 amide bonds. The van der Waals surface area contributed by atoms with Crippen LogP contribution >= 0.6 is 156 Å². The third-order valence-electron chi connectivity index (χ3n) is 18.4. The third kappa shape index (κ3) is 41.1. The highest BCUT2D eigenvalue weighted by molar-refractivity contribution is 9.10. The van der Waals surface area contributed by atoms with Gasteiger partial charge in [-0.25, -0.2) is 27.6 Å². The van der Waals surface area contributed by atoms with Crippen LogP contribution in [0.4, 0.5) is 24.8 Å². The number of halogens is 6. The fraction of sp³-hybridized carbons (Fsp3) is 0.240. The number of sulfone groups is 1. The molecular weight excluding hydrogens is 2100 g/mol. The molecule has 13 rings (SSSR count). The van der Waals surface area contributed by atoms with Crippen LogP contribution in [0.2, 0.25) is 5.02 Å². The second-order valence-electron chi connectivity index (χ2n) is 29.5. The molecule has 41 heteroatoms. The van der Waals surface area contributed by atoms with E-state index in [0.29, 0.717) is 58.8 Å². The zero-order chi connectivity index (χ0) is 101. The van der Waals surface area contributed by atoms with Gasteiger partial charge in [-0.05, 0) is 156 Å². The number of ether oxygens (including phenoxy) is 2. The Morgan fingerprint density at radius 3 is 1.45 bits per heavy atom. The number of nitrogens with zero attached hydrogens (tertiary/aromatic N) is 7. The topological polar surface area (TPSA) is 353 Å². The number of methoxy groups -OCH3 is 2. The Balaban J connectivity index is 0.000000243. The Bertz CT molecular complexity index is 6400. The average Bonchev–Trinajstić information content (AvgIpc) is 1.68. The van der Waals surface area contributed by atoms with Crippen molar-refractivity contribution in [2.45, 2.75) is 78.1 Å². The quantitative estimate of drug-likeness (QED) is 0.0142. The number of benzene rings is 7.